The average Bonchev–Trinajstić information content (AvgIpc) is 3.50. The molecule has 0 spiro atoms. The van der Waals surface area contributed by atoms with Gasteiger partial charge in [-0.1, -0.05) is 6.07 Å². The molecule has 156 valence electrons. The van der Waals surface area contributed by atoms with Gasteiger partial charge in [0.1, 0.15) is 11.9 Å². The molecular weight excluding hydrogens is 390 g/mol. The lowest BCUT2D eigenvalue weighted by molar-refractivity contribution is -0.123. The van der Waals surface area contributed by atoms with E-state index in [0.29, 0.717) is 29.5 Å². The summed E-state index contributed by atoms with van der Waals surface area (Å²) in [6.07, 6.45) is 2.18. The monoisotopic (exact) mass is 411 g/mol. The van der Waals surface area contributed by atoms with Crippen LogP contribution < -0.4 is 26.1 Å². The summed E-state index contributed by atoms with van der Waals surface area (Å²) in [6, 6.07) is 4.61. The molecule has 3 aliphatic rings. The maximum absolute atomic E-state index is 12.4. The Bertz CT molecular complexity index is 1030. The van der Waals surface area contributed by atoms with E-state index in [9.17, 15) is 9.59 Å². The van der Waals surface area contributed by atoms with Crippen molar-refractivity contribution in [3.8, 4) is 17.1 Å². The second kappa shape index (κ2) is 7.28. The highest BCUT2D eigenvalue weighted by Crippen LogP contribution is 2.39. The zero-order chi connectivity index (χ0) is 20.7. The summed E-state index contributed by atoms with van der Waals surface area (Å²) in [6.45, 7) is 0.194. The van der Waals surface area contributed by atoms with Gasteiger partial charge < -0.3 is 20.7 Å². The summed E-state index contributed by atoms with van der Waals surface area (Å²) in [5.74, 6) is 1.55. The minimum atomic E-state index is -0.624. The Morgan fingerprint density at radius 2 is 2.13 bits per heavy atom. The second-order valence-electron chi connectivity index (χ2n) is 7.46. The topological polar surface area (TPSA) is 147 Å². The van der Waals surface area contributed by atoms with Gasteiger partial charge >= 0.3 is 0 Å². The molecule has 1 saturated carbocycles. The summed E-state index contributed by atoms with van der Waals surface area (Å²) in [5.41, 5.74) is 4.33. The number of tetrazole rings is 1. The molecule has 1 aromatic carbocycles. The van der Waals surface area contributed by atoms with Crippen LogP contribution in [0.2, 0.25) is 0 Å². The second-order valence-corrected chi connectivity index (χ2v) is 7.46. The standard InChI is InChI=1S/C18H21N9O3/c1-19-18(29)14-12(7-13(22-23-14)21-17(28)9-5-6-9)20-11-4-2-3-10-15(11)30-8-27-16(10)24-25-26-27/h2-4,9,12,14,20,23H,5-8H2,1H3,(H,19,29)(H,21,22,28). The lowest BCUT2D eigenvalue weighted by Gasteiger charge is -2.32. The number of ether oxygens (including phenoxy) is 1. The molecule has 1 aliphatic carbocycles. The van der Waals surface area contributed by atoms with Crippen LogP contribution >= 0.6 is 0 Å². The predicted octanol–water partition coefficient (Wildman–Crippen LogP) is -0.582. The molecule has 2 atom stereocenters. The van der Waals surface area contributed by atoms with E-state index >= 15 is 0 Å². The number of likely N-dealkylation sites (N-methyl/N-ethyl adjacent to an activating group) is 1. The third-order valence-corrected chi connectivity index (χ3v) is 5.36. The summed E-state index contributed by atoms with van der Waals surface area (Å²) in [7, 11) is 1.57. The molecule has 4 N–H and O–H groups in total. The van der Waals surface area contributed by atoms with Crippen molar-refractivity contribution in [1.82, 2.24) is 36.3 Å². The normalized spacial score (nSPS) is 21.8. The highest BCUT2D eigenvalue weighted by atomic mass is 16.5. The Labute approximate surface area is 171 Å². The van der Waals surface area contributed by atoms with Crippen molar-refractivity contribution in [1.29, 1.82) is 0 Å². The van der Waals surface area contributed by atoms with Crippen molar-refractivity contribution in [2.24, 2.45) is 11.0 Å². The number of carbonyl (C=O) groups is 2. The Morgan fingerprint density at radius 1 is 1.27 bits per heavy atom. The van der Waals surface area contributed by atoms with Gasteiger partial charge in [0.2, 0.25) is 11.8 Å². The van der Waals surface area contributed by atoms with Crippen LogP contribution in [0.3, 0.4) is 0 Å². The van der Waals surface area contributed by atoms with Gasteiger partial charge in [-0.15, -0.1) is 5.10 Å². The first-order chi connectivity index (χ1) is 14.6. The largest absolute Gasteiger partial charge is 0.468 e. The smallest absolute Gasteiger partial charge is 0.246 e. The number of anilines is 1. The number of amides is 2. The van der Waals surface area contributed by atoms with Crippen molar-refractivity contribution in [2.75, 3.05) is 12.4 Å². The number of nitrogens with one attached hydrogen (secondary N) is 4. The molecule has 3 heterocycles. The van der Waals surface area contributed by atoms with Gasteiger partial charge in [0, 0.05) is 19.4 Å². The van der Waals surface area contributed by atoms with Crippen LogP contribution in [0.4, 0.5) is 5.69 Å². The molecule has 0 bridgehead atoms. The summed E-state index contributed by atoms with van der Waals surface area (Å²) in [4.78, 5) is 24.5. The van der Waals surface area contributed by atoms with E-state index in [1.165, 1.54) is 0 Å². The molecule has 2 unspecified atom stereocenters. The van der Waals surface area contributed by atoms with E-state index < -0.39 is 6.04 Å². The van der Waals surface area contributed by atoms with Gasteiger partial charge in [-0.2, -0.15) is 9.78 Å². The number of hydrazone groups is 1. The third-order valence-electron chi connectivity index (χ3n) is 5.36. The van der Waals surface area contributed by atoms with E-state index in [1.807, 2.05) is 18.2 Å². The zero-order valence-corrected chi connectivity index (χ0v) is 16.3. The van der Waals surface area contributed by atoms with Gasteiger partial charge in [0.25, 0.3) is 0 Å². The van der Waals surface area contributed by atoms with Gasteiger partial charge in [-0.25, -0.2) is 0 Å². The number of fused-ring (bicyclic) bond motifs is 3. The lowest BCUT2D eigenvalue weighted by atomic mass is 10.0. The fourth-order valence-electron chi connectivity index (χ4n) is 3.60. The molecule has 12 heteroatoms. The molecule has 1 fully saturated rings. The van der Waals surface area contributed by atoms with Crippen molar-refractivity contribution in [2.45, 2.75) is 38.1 Å². The number of amidine groups is 1. The predicted molar refractivity (Wildman–Crippen MR) is 105 cm³/mol. The maximum atomic E-state index is 12.4. The summed E-state index contributed by atoms with van der Waals surface area (Å²) in [5, 5.41) is 24.8. The Kier molecular flexibility index (Phi) is 4.45. The first-order valence-electron chi connectivity index (χ1n) is 9.77. The number of rotatable bonds is 4. The van der Waals surface area contributed by atoms with E-state index in [-0.39, 0.29) is 30.5 Å². The highest BCUT2D eigenvalue weighted by molar-refractivity contribution is 6.01. The molecule has 2 aliphatic heterocycles. The van der Waals surface area contributed by atoms with Gasteiger partial charge in [-0.05, 0) is 35.4 Å². The molecular formula is C18H21N9O3. The summed E-state index contributed by atoms with van der Waals surface area (Å²) < 4.78 is 7.44. The maximum Gasteiger partial charge on any atom is 0.246 e. The van der Waals surface area contributed by atoms with Gasteiger partial charge in [-0.3, -0.25) is 15.0 Å². The van der Waals surface area contributed by atoms with E-state index in [4.69, 9.17) is 4.74 Å². The first kappa shape index (κ1) is 18.3. The molecule has 2 aromatic rings. The Balaban J connectivity index is 1.40. The van der Waals surface area contributed by atoms with Crippen molar-refractivity contribution in [3.63, 3.8) is 0 Å². The minimum absolute atomic E-state index is 0.0278. The van der Waals surface area contributed by atoms with Crippen LogP contribution in [0.1, 0.15) is 19.3 Å². The Morgan fingerprint density at radius 3 is 2.93 bits per heavy atom. The van der Waals surface area contributed by atoms with Crippen LogP contribution in [-0.2, 0) is 16.3 Å². The number of benzene rings is 1. The molecule has 1 aromatic heterocycles. The SMILES string of the molecule is CNC(=O)C1NN=C(NC(=O)C2CC2)CC1Nc1cccc2c1OCn1nnnc1-2. The highest BCUT2D eigenvalue weighted by Gasteiger charge is 2.36. The number of para-hydroxylation sites is 1. The lowest BCUT2D eigenvalue weighted by Crippen LogP contribution is -2.57. The molecule has 0 radical (unpaired) electrons. The molecule has 0 saturated heterocycles. The molecule has 5 rings (SSSR count). The first-order valence-corrected chi connectivity index (χ1v) is 9.77. The number of hydrogen-bond acceptors (Lipinski definition) is 9. The van der Waals surface area contributed by atoms with E-state index in [0.717, 1.165) is 18.4 Å². The van der Waals surface area contributed by atoms with E-state index in [1.54, 1.807) is 11.7 Å². The zero-order valence-electron chi connectivity index (χ0n) is 16.3. The average molecular weight is 411 g/mol. The fourth-order valence-corrected chi connectivity index (χ4v) is 3.60. The van der Waals surface area contributed by atoms with Crippen molar-refractivity contribution < 1.29 is 14.3 Å². The Hall–Kier alpha value is -3.70. The van der Waals surface area contributed by atoms with Crippen molar-refractivity contribution >= 4 is 23.3 Å². The third kappa shape index (κ3) is 3.29. The van der Waals surface area contributed by atoms with Crippen LogP contribution in [0.5, 0.6) is 5.75 Å². The quantitative estimate of drug-likeness (QED) is 0.522. The van der Waals surface area contributed by atoms with Crippen LogP contribution in [-0.4, -0.2) is 57.0 Å². The number of hydrogen-bond donors (Lipinski definition) is 4. The van der Waals surface area contributed by atoms with Crippen LogP contribution in [0.15, 0.2) is 23.3 Å². The fraction of sp³-hybridized carbons (Fsp3) is 0.444. The number of carbonyl (C=O) groups excluding carboxylic acids is 2. The van der Waals surface area contributed by atoms with Gasteiger partial charge in [0.15, 0.2) is 18.3 Å². The van der Waals surface area contributed by atoms with E-state index in [2.05, 4.69) is 42.0 Å². The molecule has 30 heavy (non-hydrogen) atoms. The van der Waals surface area contributed by atoms with Crippen LogP contribution in [0, 0.1) is 5.92 Å². The summed E-state index contributed by atoms with van der Waals surface area (Å²) >= 11 is 0. The van der Waals surface area contributed by atoms with Gasteiger partial charge in [0.05, 0.1) is 17.3 Å². The van der Waals surface area contributed by atoms with Crippen molar-refractivity contribution in [3.05, 3.63) is 18.2 Å². The van der Waals surface area contributed by atoms with Crippen LogP contribution in [0.25, 0.3) is 11.4 Å². The molecule has 2 amide bonds. The number of aromatic nitrogens is 4. The minimum Gasteiger partial charge on any atom is -0.468 e. The number of nitrogens with zero attached hydrogens (tertiary/aromatic N) is 5. The molecule has 12 nitrogen and oxygen atoms in total.